The summed E-state index contributed by atoms with van der Waals surface area (Å²) >= 11 is 0. The van der Waals surface area contributed by atoms with Crippen LogP contribution in [-0.2, 0) is 9.59 Å². The van der Waals surface area contributed by atoms with Crippen molar-refractivity contribution in [3.8, 4) is 0 Å². The normalized spacial score (nSPS) is 32.7. The van der Waals surface area contributed by atoms with Crippen molar-refractivity contribution in [2.45, 2.75) is 51.1 Å². The van der Waals surface area contributed by atoms with Crippen molar-refractivity contribution in [1.29, 1.82) is 0 Å². The molecule has 0 aromatic carbocycles. The van der Waals surface area contributed by atoms with E-state index in [0.717, 1.165) is 25.9 Å². The summed E-state index contributed by atoms with van der Waals surface area (Å²) in [6.45, 7) is 3.90. The van der Waals surface area contributed by atoms with Crippen LogP contribution in [0, 0.1) is 5.92 Å². The standard InChI is InChI=1S/C13H23N3O2/c1-9-4-2-6-14-11(9)8-12(17)16-10-5-3-7-15-13(10)18/h9-11,14H,2-8H2,1H3,(H,15,18)(H,16,17). The van der Waals surface area contributed by atoms with E-state index in [1.165, 1.54) is 12.8 Å². The van der Waals surface area contributed by atoms with Gasteiger partial charge in [-0.2, -0.15) is 0 Å². The highest BCUT2D eigenvalue weighted by atomic mass is 16.2. The molecule has 2 saturated heterocycles. The number of amides is 2. The van der Waals surface area contributed by atoms with Gasteiger partial charge in [-0.1, -0.05) is 6.92 Å². The molecule has 0 radical (unpaired) electrons. The molecule has 3 unspecified atom stereocenters. The number of hydrogen-bond acceptors (Lipinski definition) is 3. The Bertz CT molecular complexity index is 319. The van der Waals surface area contributed by atoms with Crippen molar-refractivity contribution < 1.29 is 9.59 Å². The topological polar surface area (TPSA) is 70.2 Å². The molecular formula is C13H23N3O2. The molecule has 0 saturated carbocycles. The van der Waals surface area contributed by atoms with Gasteiger partial charge in [0.05, 0.1) is 0 Å². The molecule has 0 aliphatic carbocycles. The fourth-order valence-corrected chi connectivity index (χ4v) is 2.75. The Morgan fingerprint density at radius 3 is 2.83 bits per heavy atom. The molecule has 2 rings (SSSR count). The van der Waals surface area contributed by atoms with Gasteiger partial charge in [0.2, 0.25) is 11.8 Å². The average molecular weight is 253 g/mol. The minimum Gasteiger partial charge on any atom is -0.354 e. The molecule has 2 aliphatic heterocycles. The smallest absolute Gasteiger partial charge is 0.242 e. The fraction of sp³-hybridized carbons (Fsp3) is 0.846. The molecule has 2 heterocycles. The van der Waals surface area contributed by atoms with E-state index in [-0.39, 0.29) is 23.9 Å². The number of carbonyl (C=O) groups is 2. The van der Waals surface area contributed by atoms with E-state index < -0.39 is 0 Å². The van der Waals surface area contributed by atoms with Crippen LogP contribution in [-0.4, -0.2) is 37.0 Å². The van der Waals surface area contributed by atoms with E-state index in [1.54, 1.807) is 0 Å². The second-order valence-electron chi connectivity index (χ2n) is 5.44. The molecule has 0 spiro atoms. The van der Waals surface area contributed by atoms with Crippen LogP contribution >= 0.6 is 0 Å². The predicted molar refractivity (Wildman–Crippen MR) is 69.0 cm³/mol. The Kier molecular flexibility index (Phi) is 4.58. The SMILES string of the molecule is CC1CCCNC1CC(=O)NC1CCCNC1=O. The Morgan fingerprint density at radius 1 is 1.33 bits per heavy atom. The first-order chi connectivity index (χ1) is 8.66. The van der Waals surface area contributed by atoms with Gasteiger partial charge in [0.25, 0.3) is 0 Å². The Balaban J connectivity index is 1.78. The van der Waals surface area contributed by atoms with Crippen LogP contribution in [0.5, 0.6) is 0 Å². The third-order valence-corrected chi connectivity index (χ3v) is 3.96. The molecule has 2 fully saturated rings. The van der Waals surface area contributed by atoms with Gasteiger partial charge in [0.1, 0.15) is 6.04 Å². The summed E-state index contributed by atoms with van der Waals surface area (Å²) in [6, 6.07) is -0.0736. The lowest BCUT2D eigenvalue weighted by atomic mass is 9.90. The van der Waals surface area contributed by atoms with Crippen LogP contribution < -0.4 is 16.0 Å². The number of rotatable bonds is 3. The highest BCUT2D eigenvalue weighted by molar-refractivity contribution is 5.88. The number of nitrogens with one attached hydrogen (secondary N) is 3. The molecule has 18 heavy (non-hydrogen) atoms. The monoisotopic (exact) mass is 253 g/mol. The molecule has 5 nitrogen and oxygen atoms in total. The molecule has 0 aromatic heterocycles. The van der Waals surface area contributed by atoms with Crippen LogP contribution in [0.3, 0.4) is 0 Å². The summed E-state index contributed by atoms with van der Waals surface area (Å²) in [5.74, 6) is 0.479. The van der Waals surface area contributed by atoms with Crippen LogP contribution in [0.15, 0.2) is 0 Å². The summed E-state index contributed by atoms with van der Waals surface area (Å²) < 4.78 is 0. The van der Waals surface area contributed by atoms with E-state index >= 15 is 0 Å². The first-order valence-corrected chi connectivity index (χ1v) is 6.97. The van der Waals surface area contributed by atoms with Crippen molar-refractivity contribution in [3.63, 3.8) is 0 Å². The summed E-state index contributed by atoms with van der Waals surface area (Å²) in [5, 5.41) is 9.01. The van der Waals surface area contributed by atoms with Gasteiger partial charge in [-0.3, -0.25) is 9.59 Å². The molecule has 102 valence electrons. The largest absolute Gasteiger partial charge is 0.354 e. The lowest BCUT2D eigenvalue weighted by Gasteiger charge is -2.30. The van der Waals surface area contributed by atoms with Gasteiger partial charge in [0, 0.05) is 19.0 Å². The molecule has 2 amide bonds. The Morgan fingerprint density at radius 2 is 2.11 bits per heavy atom. The predicted octanol–water partition coefficient (Wildman–Crippen LogP) is 0.159. The van der Waals surface area contributed by atoms with E-state index in [2.05, 4.69) is 22.9 Å². The van der Waals surface area contributed by atoms with E-state index in [1.807, 2.05) is 0 Å². The van der Waals surface area contributed by atoms with Crippen LogP contribution in [0.1, 0.15) is 39.0 Å². The molecular weight excluding hydrogens is 230 g/mol. The highest BCUT2D eigenvalue weighted by Crippen LogP contribution is 2.18. The number of piperidine rings is 2. The van der Waals surface area contributed by atoms with Gasteiger partial charge in [0.15, 0.2) is 0 Å². The van der Waals surface area contributed by atoms with Crippen LogP contribution in [0.4, 0.5) is 0 Å². The summed E-state index contributed by atoms with van der Waals surface area (Å²) in [4.78, 5) is 23.5. The first-order valence-electron chi connectivity index (χ1n) is 6.97. The zero-order chi connectivity index (χ0) is 13.0. The molecule has 0 bridgehead atoms. The van der Waals surface area contributed by atoms with Crippen LogP contribution in [0.25, 0.3) is 0 Å². The molecule has 5 heteroatoms. The van der Waals surface area contributed by atoms with Gasteiger partial charge >= 0.3 is 0 Å². The maximum atomic E-state index is 11.9. The van der Waals surface area contributed by atoms with Gasteiger partial charge in [-0.25, -0.2) is 0 Å². The van der Waals surface area contributed by atoms with E-state index in [9.17, 15) is 9.59 Å². The Hall–Kier alpha value is -1.10. The minimum absolute atomic E-state index is 0.0108. The summed E-state index contributed by atoms with van der Waals surface area (Å²) in [7, 11) is 0. The van der Waals surface area contributed by atoms with E-state index in [4.69, 9.17) is 0 Å². The zero-order valence-corrected chi connectivity index (χ0v) is 11.0. The maximum absolute atomic E-state index is 11.9. The first kappa shape index (κ1) is 13.3. The van der Waals surface area contributed by atoms with Crippen molar-refractivity contribution in [2.24, 2.45) is 5.92 Å². The Labute approximate surface area is 108 Å². The lowest BCUT2D eigenvalue weighted by molar-refractivity contribution is -0.130. The second-order valence-corrected chi connectivity index (χ2v) is 5.44. The number of hydrogen-bond donors (Lipinski definition) is 3. The van der Waals surface area contributed by atoms with E-state index in [0.29, 0.717) is 12.3 Å². The lowest BCUT2D eigenvalue weighted by Crippen LogP contribution is -2.52. The quantitative estimate of drug-likeness (QED) is 0.671. The summed E-state index contributed by atoms with van der Waals surface area (Å²) in [6.07, 6.45) is 4.53. The fourth-order valence-electron chi connectivity index (χ4n) is 2.75. The van der Waals surface area contributed by atoms with Crippen LogP contribution in [0.2, 0.25) is 0 Å². The highest BCUT2D eigenvalue weighted by Gasteiger charge is 2.27. The van der Waals surface area contributed by atoms with Crippen molar-refractivity contribution >= 4 is 11.8 Å². The molecule has 3 atom stereocenters. The molecule has 2 aliphatic rings. The van der Waals surface area contributed by atoms with Gasteiger partial charge in [-0.05, 0) is 38.1 Å². The summed E-state index contributed by atoms with van der Waals surface area (Å²) in [5.41, 5.74) is 0. The minimum atomic E-state index is -0.329. The van der Waals surface area contributed by atoms with Gasteiger partial charge < -0.3 is 16.0 Å². The second kappa shape index (κ2) is 6.18. The van der Waals surface area contributed by atoms with Crippen molar-refractivity contribution in [2.75, 3.05) is 13.1 Å². The average Bonchev–Trinajstić information content (AvgIpc) is 2.35. The molecule has 3 N–H and O–H groups in total. The third-order valence-electron chi connectivity index (χ3n) is 3.96. The van der Waals surface area contributed by atoms with Crippen molar-refractivity contribution in [3.05, 3.63) is 0 Å². The third kappa shape index (κ3) is 3.45. The van der Waals surface area contributed by atoms with Gasteiger partial charge in [-0.15, -0.1) is 0 Å². The van der Waals surface area contributed by atoms with Crippen molar-refractivity contribution in [1.82, 2.24) is 16.0 Å². The zero-order valence-electron chi connectivity index (χ0n) is 11.0. The number of carbonyl (C=O) groups excluding carboxylic acids is 2. The maximum Gasteiger partial charge on any atom is 0.242 e. The molecule has 0 aromatic rings.